The minimum Gasteiger partial charge on any atom is -0.766 e. The van der Waals surface area contributed by atoms with E-state index in [2.05, 4.69) is 25.1 Å². The summed E-state index contributed by atoms with van der Waals surface area (Å²) in [7, 11) is 0. The smallest absolute Gasteiger partial charge is 0.766 e. The first-order valence-corrected chi connectivity index (χ1v) is 19.7. The number of fused-ring (bicyclic) bond motifs is 2. The van der Waals surface area contributed by atoms with Gasteiger partial charge in [-0.2, -0.15) is 39.5 Å². The van der Waals surface area contributed by atoms with Gasteiger partial charge in [0.25, 0.3) is 11.1 Å². The van der Waals surface area contributed by atoms with E-state index in [1.54, 1.807) is 95.6 Å². The molecule has 0 saturated heterocycles. The quantitative estimate of drug-likeness (QED) is 0.0398. The van der Waals surface area contributed by atoms with Gasteiger partial charge in [-0.3, -0.25) is 23.3 Å². The number of nitrogens with zero attached hydrogens (tertiary/aromatic N) is 4. The monoisotopic (exact) mass is 1030 g/mol. The van der Waals surface area contributed by atoms with E-state index in [1.165, 1.54) is 0 Å². The largest absolute Gasteiger partial charge is 2.00 e. The van der Waals surface area contributed by atoms with Crippen LogP contribution in [0.1, 0.15) is 65.3 Å². The molecule has 0 radical (unpaired) electrons. The number of halogens is 9. The molecule has 2 unspecified atom stereocenters. The number of rotatable bonds is 4. The molecule has 16 nitrogen and oxygen atoms in total. The number of hydrogen-bond acceptors (Lipinski definition) is 12. The van der Waals surface area contributed by atoms with Crippen molar-refractivity contribution in [3.8, 4) is 22.8 Å². The number of nitrogens with one attached hydrogen (secondary N) is 2. The number of aromatic amines is 2. The number of aromatic nitrogens is 6. The summed E-state index contributed by atoms with van der Waals surface area (Å²) < 4.78 is 140. The second-order valence-electron chi connectivity index (χ2n) is 14.8. The SMILES string of the molecule is CC(C)(C)OO.CC(C)(O)c1ccc(-c2nn3c(C(F)(F)F)ccc3c(=O)[nH]2)cc1.CC(C)(O)c1ccc(-c2nn3cccc3c(=O)[nH]2)cc1.O=S([O-])C(F)(F)F.O=S([O-])C(F)(F)F.[Zn+2]. The van der Waals surface area contributed by atoms with Gasteiger partial charge in [0.15, 0.2) is 11.6 Å². The van der Waals surface area contributed by atoms with Crippen LogP contribution < -0.4 is 11.1 Å². The predicted octanol–water partition coefficient (Wildman–Crippen LogP) is 6.90. The normalized spacial score (nSPS) is 13.1. The number of H-pyrrole nitrogens is 2. The molecule has 0 aliphatic heterocycles. The van der Waals surface area contributed by atoms with Crippen LogP contribution >= 0.6 is 0 Å². The Hall–Kier alpha value is -4.67. The van der Waals surface area contributed by atoms with Crippen LogP contribution in [-0.2, 0) is 63.9 Å². The van der Waals surface area contributed by atoms with E-state index in [0.29, 0.717) is 27.0 Å². The molecule has 2 atom stereocenters. The molecule has 354 valence electrons. The Bertz CT molecular complexity index is 2610. The Labute approximate surface area is 379 Å². The van der Waals surface area contributed by atoms with Crippen LogP contribution in [0.3, 0.4) is 0 Å². The number of aliphatic hydroxyl groups is 2. The molecule has 0 fully saturated rings. The second kappa shape index (κ2) is 22.7. The third-order valence-corrected chi connectivity index (χ3v) is 8.35. The van der Waals surface area contributed by atoms with E-state index in [4.69, 9.17) is 22.8 Å². The van der Waals surface area contributed by atoms with Crippen molar-refractivity contribution in [2.24, 2.45) is 0 Å². The third kappa shape index (κ3) is 18.3. The number of alkyl halides is 9. The fourth-order valence-electron chi connectivity index (χ4n) is 4.49. The van der Waals surface area contributed by atoms with E-state index in [1.807, 2.05) is 24.3 Å². The van der Waals surface area contributed by atoms with E-state index in [9.17, 15) is 59.3 Å². The van der Waals surface area contributed by atoms with Crippen molar-refractivity contribution in [2.75, 3.05) is 0 Å². The van der Waals surface area contributed by atoms with Crippen molar-refractivity contribution in [3.63, 3.8) is 0 Å². The van der Waals surface area contributed by atoms with Crippen LogP contribution in [0.15, 0.2) is 88.6 Å². The van der Waals surface area contributed by atoms with E-state index < -0.39 is 67.4 Å². The van der Waals surface area contributed by atoms with Gasteiger partial charge >= 0.3 is 36.7 Å². The first kappa shape index (κ1) is 58.3. The van der Waals surface area contributed by atoms with E-state index >= 15 is 0 Å². The average molecular weight is 1030 g/mol. The Kier molecular flexibility index (Phi) is 20.4. The van der Waals surface area contributed by atoms with Crippen LogP contribution in [0.25, 0.3) is 33.8 Å². The van der Waals surface area contributed by atoms with Gasteiger partial charge in [0, 0.05) is 17.3 Å². The molecular weight excluding hydrogens is 989 g/mol. The first-order chi connectivity index (χ1) is 29.0. The van der Waals surface area contributed by atoms with Gasteiger partial charge in [-0.05, 0) is 83.9 Å². The Morgan fingerprint density at radius 2 is 0.969 bits per heavy atom. The number of hydrogen-bond donors (Lipinski definition) is 5. The summed E-state index contributed by atoms with van der Waals surface area (Å²) in [6.07, 6.45) is -2.88. The number of benzene rings is 2. The maximum atomic E-state index is 13.0. The van der Waals surface area contributed by atoms with Gasteiger partial charge < -0.3 is 29.3 Å². The summed E-state index contributed by atoms with van der Waals surface area (Å²) in [5.74, 6) is 0.512. The second-order valence-corrected chi connectivity index (χ2v) is 16.7. The van der Waals surface area contributed by atoms with Gasteiger partial charge in [0.2, 0.25) is 0 Å². The maximum absolute atomic E-state index is 13.0. The van der Waals surface area contributed by atoms with Gasteiger partial charge in [0.1, 0.15) is 16.7 Å². The molecule has 6 aromatic rings. The minimum atomic E-state index is -5.08. The fourth-order valence-corrected chi connectivity index (χ4v) is 4.49. The third-order valence-electron chi connectivity index (χ3n) is 7.59. The Morgan fingerprint density at radius 3 is 1.29 bits per heavy atom. The molecule has 65 heavy (non-hydrogen) atoms. The molecule has 0 aliphatic carbocycles. The Morgan fingerprint density at radius 1 is 0.615 bits per heavy atom. The summed E-state index contributed by atoms with van der Waals surface area (Å²) in [5.41, 5.74) is -11.4. The molecule has 4 aromatic heterocycles. The molecule has 5 N–H and O–H groups in total. The molecule has 0 amide bonds. The topological polar surface area (TPSA) is 250 Å². The zero-order valence-electron chi connectivity index (χ0n) is 34.9. The predicted molar refractivity (Wildman–Crippen MR) is 211 cm³/mol. The van der Waals surface area contributed by atoms with Crippen LogP contribution in [0.4, 0.5) is 39.5 Å². The van der Waals surface area contributed by atoms with Crippen LogP contribution in [-0.4, -0.2) is 78.8 Å². The Balaban J connectivity index is 0.000000460. The molecule has 0 aliphatic rings. The summed E-state index contributed by atoms with van der Waals surface area (Å²) in [6.45, 7) is 12.0. The molecule has 2 aromatic carbocycles. The van der Waals surface area contributed by atoms with Gasteiger partial charge in [-0.1, -0.05) is 48.5 Å². The zero-order valence-corrected chi connectivity index (χ0v) is 39.5. The van der Waals surface area contributed by atoms with Crippen molar-refractivity contribution in [1.82, 2.24) is 29.2 Å². The molecule has 4 heterocycles. The van der Waals surface area contributed by atoms with Crippen LogP contribution in [0.5, 0.6) is 0 Å². The molecule has 0 spiro atoms. The van der Waals surface area contributed by atoms with Crippen molar-refractivity contribution in [2.45, 2.75) is 82.5 Å². The van der Waals surface area contributed by atoms with E-state index in [0.717, 1.165) is 23.3 Å². The van der Waals surface area contributed by atoms with E-state index in [-0.39, 0.29) is 36.4 Å². The average Bonchev–Trinajstić information content (AvgIpc) is 3.83. The van der Waals surface area contributed by atoms with Gasteiger partial charge in [0.05, 0.1) is 39.0 Å². The molecule has 0 saturated carbocycles. The van der Waals surface area contributed by atoms with Crippen molar-refractivity contribution >= 4 is 33.2 Å². The minimum absolute atomic E-state index is 0. The summed E-state index contributed by atoms with van der Waals surface area (Å²) >= 11 is -7.87. The molecule has 28 heteroatoms. The van der Waals surface area contributed by atoms with Gasteiger partial charge in [-0.15, -0.1) is 10.2 Å². The fraction of sp³-hybridized carbons (Fsp3) is 0.351. The standard InChI is InChI=1S/C16H14F3N3O2.C15H15N3O2.C4H10O2.2CHF3O2S.Zn/c1-15(2,24)10-5-3-9(4-6-10)13-20-14(23)11-7-8-12(16(17,18)19)22(11)21-13;1-15(2,20)11-7-5-10(6-8-11)13-16-14(19)12-4-3-9-18(12)17-13;1-4(2,3)6-5;2*2-1(3,4)7(5)6;/h3-8,24H,1-2H3,(H,20,21,23);3-9,20H,1-2H3,(H,16,17,19);5H,1-3H3;2*(H,5,6);/q;;;;;+2/p-2. The van der Waals surface area contributed by atoms with Gasteiger partial charge in [-0.25, -0.2) is 13.9 Å². The van der Waals surface area contributed by atoms with Crippen molar-refractivity contribution in [1.29, 1.82) is 0 Å². The summed E-state index contributed by atoms with van der Waals surface area (Å²) in [4.78, 5) is 33.1. The summed E-state index contributed by atoms with van der Waals surface area (Å²) in [5, 5.41) is 36.0. The van der Waals surface area contributed by atoms with Crippen LogP contribution in [0.2, 0.25) is 0 Å². The zero-order chi connectivity index (χ0) is 49.4. The molecular formula is C37H39F9N6O10S2Zn. The maximum Gasteiger partial charge on any atom is 2.00 e. The molecule has 6 rings (SSSR count). The van der Waals surface area contributed by atoms with Crippen molar-refractivity contribution in [3.05, 3.63) is 117 Å². The van der Waals surface area contributed by atoms with Crippen molar-refractivity contribution < 1.29 is 96.9 Å². The first-order valence-electron chi connectivity index (χ1n) is 17.6. The van der Waals surface area contributed by atoms with Crippen LogP contribution in [0, 0.1) is 0 Å². The summed E-state index contributed by atoms with van der Waals surface area (Å²) in [6, 6.07) is 19.1. The molecule has 0 bridgehead atoms.